The van der Waals surface area contributed by atoms with Gasteiger partial charge >= 0.3 is 0 Å². The van der Waals surface area contributed by atoms with Crippen LogP contribution in [0.5, 0.6) is 0 Å². The minimum atomic E-state index is -0.0846. The molecular formula is C13H14N6OS. The zero-order chi connectivity index (χ0) is 14.8. The summed E-state index contributed by atoms with van der Waals surface area (Å²) in [6, 6.07) is 5.60. The quantitative estimate of drug-likeness (QED) is 0.717. The molecule has 1 aromatic carbocycles. The maximum absolute atomic E-state index is 11.9. The highest BCUT2D eigenvalue weighted by atomic mass is 32.2. The Morgan fingerprint density at radius 3 is 3.10 bits per heavy atom. The molecule has 0 atom stereocenters. The molecule has 3 aromatic rings. The fourth-order valence-corrected chi connectivity index (χ4v) is 2.63. The first-order valence-electron chi connectivity index (χ1n) is 6.35. The van der Waals surface area contributed by atoms with E-state index in [1.807, 2.05) is 32.2 Å². The summed E-state index contributed by atoms with van der Waals surface area (Å²) >= 11 is 1.35. The number of aromatic amines is 1. The zero-order valence-electron chi connectivity index (χ0n) is 11.6. The number of benzene rings is 1. The van der Waals surface area contributed by atoms with Crippen molar-refractivity contribution in [2.45, 2.75) is 12.1 Å². The number of rotatable bonds is 4. The summed E-state index contributed by atoms with van der Waals surface area (Å²) in [5.74, 6) is 1.05. The number of aryl methyl sites for hydroxylation is 2. The van der Waals surface area contributed by atoms with Crippen LogP contribution in [0.3, 0.4) is 0 Å². The molecule has 0 spiro atoms. The van der Waals surface area contributed by atoms with Crippen LogP contribution in [-0.4, -0.2) is 36.4 Å². The van der Waals surface area contributed by atoms with E-state index in [-0.39, 0.29) is 11.7 Å². The van der Waals surface area contributed by atoms with Gasteiger partial charge in [-0.25, -0.2) is 4.98 Å². The van der Waals surface area contributed by atoms with E-state index in [1.165, 1.54) is 11.8 Å². The summed E-state index contributed by atoms with van der Waals surface area (Å²) in [7, 11) is 1.84. The predicted octanol–water partition coefficient (Wildman–Crippen LogP) is 1.73. The molecule has 2 N–H and O–H groups in total. The number of nitrogens with one attached hydrogen (secondary N) is 2. The molecule has 2 aromatic heterocycles. The number of fused-ring (bicyclic) bond motifs is 1. The Kier molecular flexibility index (Phi) is 3.61. The second-order valence-electron chi connectivity index (χ2n) is 4.62. The van der Waals surface area contributed by atoms with E-state index in [0.717, 1.165) is 22.5 Å². The minimum absolute atomic E-state index is 0.0846. The number of imidazole rings is 1. The van der Waals surface area contributed by atoms with Gasteiger partial charge in [-0.3, -0.25) is 4.79 Å². The first kappa shape index (κ1) is 13.6. The van der Waals surface area contributed by atoms with Gasteiger partial charge in [0.2, 0.25) is 5.91 Å². The van der Waals surface area contributed by atoms with Crippen LogP contribution in [-0.2, 0) is 11.8 Å². The third kappa shape index (κ3) is 3.05. The lowest BCUT2D eigenvalue weighted by molar-refractivity contribution is -0.113. The van der Waals surface area contributed by atoms with Crippen molar-refractivity contribution in [3.05, 3.63) is 30.4 Å². The summed E-state index contributed by atoms with van der Waals surface area (Å²) in [4.78, 5) is 19.4. The van der Waals surface area contributed by atoms with Crippen molar-refractivity contribution in [3.63, 3.8) is 0 Å². The summed E-state index contributed by atoms with van der Waals surface area (Å²) in [5.41, 5.74) is 2.54. The van der Waals surface area contributed by atoms with Gasteiger partial charge < -0.3 is 14.9 Å². The van der Waals surface area contributed by atoms with Crippen molar-refractivity contribution >= 4 is 34.4 Å². The predicted molar refractivity (Wildman–Crippen MR) is 81.2 cm³/mol. The van der Waals surface area contributed by atoms with E-state index < -0.39 is 0 Å². The van der Waals surface area contributed by atoms with Crippen LogP contribution in [0.1, 0.15) is 5.82 Å². The topological polar surface area (TPSA) is 88.5 Å². The molecule has 0 saturated heterocycles. The number of carbonyl (C=O) groups excluding carboxylic acids is 1. The largest absolute Gasteiger partial charge is 0.342 e. The molecule has 1 amide bonds. The molecule has 21 heavy (non-hydrogen) atoms. The number of amides is 1. The maximum Gasteiger partial charge on any atom is 0.234 e. The Labute approximate surface area is 125 Å². The fourth-order valence-electron chi connectivity index (χ4n) is 1.95. The van der Waals surface area contributed by atoms with Gasteiger partial charge in [0.1, 0.15) is 12.2 Å². The van der Waals surface area contributed by atoms with Crippen molar-refractivity contribution in [2.24, 2.45) is 7.05 Å². The highest BCUT2D eigenvalue weighted by molar-refractivity contribution is 7.99. The third-order valence-corrected chi connectivity index (χ3v) is 3.92. The standard InChI is InChI=1S/C13H14N6OS/c1-8-15-10-4-3-9(5-11(10)16-8)17-12(20)6-21-13-18-14-7-19(13)2/h3-5,7H,6H2,1-2H3,(H,15,16)(H,17,20). The van der Waals surface area contributed by atoms with Gasteiger partial charge in [0.05, 0.1) is 16.8 Å². The molecular weight excluding hydrogens is 288 g/mol. The van der Waals surface area contributed by atoms with Gasteiger partial charge in [0, 0.05) is 12.7 Å². The van der Waals surface area contributed by atoms with Crippen LogP contribution in [0.25, 0.3) is 11.0 Å². The second-order valence-corrected chi connectivity index (χ2v) is 5.56. The van der Waals surface area contributed by atoms with E-state index in [9.17, 15) is 4.79 Å². The van der Waals surface area contributed by atoms with Crippen LogP contribution in [0, 0.1) is 6.92 Å². The first-order valence-corrected chi connectivity index (χ1v) is 7.33. The van der Waals surface area contributed by atoms with E-state index >= 15 is 0 Å². The smallest absolute Gasteiger partial charge is 0.234 e. The van der Waals surface area contributed by atoms with E-state index in [4.69, 9.17) is 0 Å². The number of aromatic nitrogens is 5. The zero-order valence-corrected chi connectivity index (χ0v) is 12.4. The average Bonchev–Trinajstić information content (AvgIpc) is 3.00. The second kappa shape index (κ2) is 5.57. The van der Waals surface area contributed by atoms with Crippen LogP contribution in [0.15, 0.2) is 29.7 Å². The van der Waals surface area contributed by atoms with Crippen molar-refractivity contribution < 1.29 is 4.79 Å². The SMILES string of the molecule is Cc1nc2ccc(NC(=O)CSc3nncn3C)cc2[nH]1. The van der Waals surface area contributed by atoms with Gasteiger partial charge in [-0.1, -0.05) is 11.8 Å². The maximum atomic E-state index is 11.9. The highest BCUT2D eigenvalue weighted by Crippen LogP contribution is 2.18. The summed E-state index contributed by atoms with van der Waals surface area (Å²) in [6.45, 7) is 1.90. The fraction of sp³-hybridized carbons (Fsp3) is 0.231. The molecule has 0 aliphatic carbocycles. The lowest BCUT2D eigenvalue weighted by atomic mass is 10.3. The first-order chi connectivity index (χ1) is 10.1. The highest BCUT2D eigenvalue weighted by Gasteiger charge is 2.08. The van der Waals surface area contributed by atoms with Crippen LogP contribution in [0.2, 0.25) is 0 Å². The summed E-state index contributed by atoms with van der Waals surface area (Å²) in [6.07, 6.45) is 1.61. The molecule has 108 valence electrons. The molecule has 7 nitrogen and oxygen atoms in total. The number of nitrogens with zero attached hydrogens (tertiary/aromatic N) is 4. The molecule has 0 unspecified atom stereocenters. The number of carbonyl (C=O) groups is 1. The van der Waals surface area contributed by atoms with E-state index in [1.54, 1.807) is 10.9 Å². The monoisotopic (exact) mass is 302 g/mol. The molecule has 0 bridgehead atoms. The Bertz CT molecular complexity index is 793. The van der Waals surface area contributed by atoms with Gasteiger partial charge in [-0.15, -0.1) is 10.2 Å². The minimum Gasteiger partial charge on any atom is -0.342 e. The number of thioether (sulfide) groups is 1. The molecule has 0 saturated carbocycles. The average molecular weight is 302 g/mol. The summed E-state index contributed by atoms with van der Waals surface area (Å²) in [5, 5.41) is 11.3. The Balaban J connectivity index is 1.64. The van der Waals surface area contributed by atoms with Crippen LogP contribution >= 0.6 is 11.8 Å². The third-order valence-electron chi connectivity index (χ3n) is 2.89. The molecule has 0 radical (unpaired) electrons. The van der Waals surface area contributed by atoms with Gasteiger partial charge in [-0.2, -0.15) is 0 Å². The molecule has 2 heterocycles. The Morgan fingerprint density at radius 1 is 1.48 bits per heavy atom. The van der Waals surface area contributed by atoms with Gasteiger partial charge in [-0.05, 0) is 25.1 Å². The van der Waals surface area contributed by atoms with Gasteiger partial charge in [0.25, 0.3) is 0 Å². The molecule has 3 rings (SSSR count). The van der Waals surface area contributed by atoms with Crippen molar-refractivity contribution in [1.82, 2.24) is 24.7 Å². The lowest BCUT2D eigenvalue weighted by Crippen LogP contribution is -2.14. The van der Waals surface area contributed by atoms with Crippen LogP contribution < -0.4 is 5.32 Å². The molecule has 8 heteroatoms. The number of hydrogen-bond donors (Lipinski definition) is 2. The van der Waals surface area contributed by atoms with E-state index in [0.29, 0.717) is 5.16 Å². The van der Waals surface area contributed by atoms with Crippen molar-refractivity contribution in [3.8, 4) is 0 Å². The number of H-pyrrole nitrogens is 1. The Morgan fingerprint density at radius 2 is 2.33 bits per heavy atom. The van der Waals surface area contributed by atoms with E-state index in [2.05, 4.69) is 25.5 Å². The lowest BCUT2D eigenvalue weighted by Gasteiger charge is -2.04. The normalized spacial score (nSPS) is 11.0. The molecule has 0 fully saturated rings. The molecule has 0 aliphatic heterocycles. The van der Waals surface area contributed by atoms with Gasteiger partial charge in [0.15, 0.2) is 5.16 Å². The van der Waals surface area contributed by atoms with Crippen LogP contribution in [0.4, 0.5) is 5.69 Å². The summed E-state index contributed by atoms with van der Waals surface area (Å²) < 4.78 is 1.78. The van der Waals surface area contributed by atoms with Crippen molar-refractivity contribution in [1.29, 1.82) is 0 Å². The van der Waals surface area contributed by atoms with Crippen molar-refractivity contribution in [2.75, 3.05) is 11.1 Å². The molecule has 0 aliphatic rings. The number of anilines is 1. The Hall–Kier alpha value is -2.35. The number of hydrogen-bond acceptors (Lipinski definition) is 5.